The van der Waals surface area contributed by atoms with Gasteiger partial charge in [-0.3, -0.25) is 0 Å². The molecule has 94 valence electrons. The quantitative estimate of drug-likeness (QED) is 0.794. The Morgan fingerprint density at radius 2 is 1.88 bits per heavy atom. The van der Waals surface area contributed by atoms with E-state index in [-0.39, 0.29) is 0 Å². The van der Waals surface area contributed by atoms with Crippen molar-refractivity contribution in [2.24, 2.45) is 11.8 Å². The first kappa shape index (κ1) is 12.4. The van der Waals surface area contributed by atoms with Crippen LogP contribution in [0.5, 0.6) is 0 Å². The highest BCUT2D eigenvalue weighted by atomic mass is 16.5. The molecule has 16 heavy (non-hydrogen) atoms. The lowest BCUT2D eigenvalue weighted by Gasteiger charge is -2.42. The minimum Gasteiger partial charge on any atom is -0.378 e. The highest BCUT2D eigenvalue weighted by molar-refractivity contribution is 4.91. The molecule has 0 bridgehead atoms. The average Bonchev–Trinajstić information content (AvgIpc) is 2.20. The van der Waals surface area contributed by atoms with Crippen molar-refractivity contribution in [3.8, 4) is 0 Å². The first-order chi connectivity index (χ1) is 7.69. The molecule has 0 spiro atoms. The molecule has 0 aliphatic heterocycles. The van der Waals surface area contributed by atoms with Gasteiger partial charge in [-0.2, -0.15) is 0 Å². The lowest BCUT2D eigenvalue weighted by Crippen LogP contribution is -2.52. The van der Waals surface area contributed by atoms with Crippen LogP contribution < -0.4 is 5.32 Å². The first-order valence-corrected chi connectivity index (χ1v) is 7.06. The summed E-state index contributed by atoms with van der Waals surface area (Å²) in [5.41, 5.74) is 0. The summed E-state index contributed by atoms with van der Waals surface area (Å²) in [6, 6.07) is 1.49. The fraction of sp³-hybridized carbons (Fsp3) is 1.00. The zero-order chi connectivity index (χ0) is 11.5. The molecule has 2 rings (SSSR count). The summed E-state index contributed by atoms with van der Waals surface area (Å²) in [6.45, 7) is 7.76. The van der Waals surface area contributed by atoms with E-state index in [1.165, 1.54) is 32.1 Å². The van der Waals surface area contributed by atoms with Crippen LogP contribution in [0.1, 0.15) is 52.9 Å². The Bertz CT molecular complexity index is 213. The Balaban J connectivity index is 1.69. The molecule has 0 aromatic rings. The molecular weight excluding hydrogens is 198 g/mol. The highest BCUT2D eigenvalue weighted by Gasteiger charge is 2.33. The Morgan fingerprint density at radius 1 is 1.12 bits per heavy atom. The van der Waals surface area contributed by atoms with Gasteiger partial charge in [-0.25, -0.2) is 0 Å². The van der Waals surface area contributed by atoms with Crippen molar-refractivity contribution in [3.05, 3.63) is 0 Å². The molecule has 1 N–H and O–H groups in total. The molecule has 2 heteroatoms. The van der Waals surface area contributed by atoms with Gasteiger partial charge in [-0.1, -0.05) is 20.3 Å². The van der Waals surface area contributed by atoms with Gasteiger partial charge in [-0.15, -0.1) is 0 Å². The molecule has 2 nitrogen and oxygen atoms in total. The van der Waals surface area contributed by atoms with Gasteiger partial charge < -0.3 is 10.1 Å². The first-order valence-electron chi connectivity index (χ1n) is 7.06. The van der Waals surface area contributed by atoms with Crippen LogP contribution in [-0.2, 0) is 4.74 Å². The molecule has 2 aliphatic carbocycles. The van der Waals surface area contributed by atoms with E-state index in [2.05, 4.69) is 26.1 Å². The van der Waals surface area contributed by atoms with Crippen molar-refractivity contribution in [1.29, 1.82) is 0 Å². The zero-order valence-corrected chi connectivity index (χ0v) is 11.0. The normalized spacial score (nSPS) is 44.1. The van der Waals surface area contributed by atoms with Gasteiger partial charge >= 0.3 is 0 Å². The fourth-order valence-corrected chi connectivity index (χ4v) is 3.14. The SMILES string of the molecule is CCOC1CC(NC2CC(C)CCC2C)C1. The summed E-state index contributed by atoms with van der Waals surface area (Å²) >= 11 is 0. The van der Waals surface area contributed by atoms with E-state index < -0.39 is 0 Å². The number of nitrogens with one attached hydrogen (secondary N) is 1. The molecule has 0 radical (unpaired) electrons. The fourth-order valence-electron chi connectivity index (χ4n) is 3.14. The summed E-state index contributed by atoms with van der Waals surface area (Å²) in [5.74, 6) is 1.78. The van der Waals surface area contributed by atoms with Crippen LogP contribution in [0.3, 0.4) is 0 Å². The number of ether oxygens (including phenoxy) is 1. The molecule has 2 fully saturated rings. The molecule has 3 atom stereocenters. The molecule has 0 saturated heterocycles. The maximum atomic E-state index is 5.61. The molecule has 2 saturated carbocycles. The molecular formula is C14H27NO. The van der Waals surface area contributed by atoms with E-state index in [1.807, 2.05) is 0 Å². The van der Waals surface area contributed by atoms with Crippen molar-refractivity contribution in [2.45, 2.75) is 71.1 Å². The molecule has 3 unspecified atom stereocenters. The second kappa shape index (κ2) is 5.50. The van der Waals surface area contributed by atoms with Gasteiger partial charge in [0.25, 0.3) is 0 Å². The minimum absolute atomic E-state index is 0.541. The lowest BCUT2D eigenvalue weighted by molar-refractivity contribution is -0.0159. The minimum atomic E-state index is 0.541. The second-order valence-corrected chi connectivity index (χ2v) is 5.91. The van der Waals surface area contributed by atoms with Crippen LogP contribution in [0.15, 0.2) is 0 Å². The van der Waals surface area contributed by atoms with Crippen LogP contribution in [-0.4, -0.2) is 24.8 Å². The lowest BCUT2D eigenvalue weighted by atomic mass is 9.78. The maximum Gasteiger partial charge on any atom is 0.0604 e. The summed E-state index contributed by atoms with van der Waals surface area (Å²) < 4.78 is 5.61. The van der Waals surface area contributed by atoms with Crippen molar-refractivity contribution < 1.29 is 4.74 Å². The largest absolute Gasteiger partial charge is 0.378 e. The van der Waals surface area contributed by atoms with Gasteiger partial charge in [0.15, 0.2) is 0 Å². The maximum absolute atomic E-state index is 5.61. The van der Waals surface area contributed by atoms with Crippen LogP contribution >= 0.6 is 0 Å². The van der Waals surface area contributed by atoms with Crippen LogP contribution in [0.25, 0.3) is 0 Å². The second-order valence-electron chi connectivity index (χ2n) is 5.91. The van der Waals surface area contributed by atoms with Gasteiger partial charge in [0.05, 0.1) is 6.10 Å². The Morgan fingerprint density at radius 3 is 2.56 bits per heavy atom. The summed E-state index contributed by atoms with van der Waals surface area (Å²) in [5, 5.41) is 3.84. The molecule has 0 aromatic carbocycles. The van der Waals surface area contributed by atoms with Crippen molar-refractivity contribution >= 4 is 0 Å². The molecule has 2 aliphatic rings. The van der Waals surface area contributed by atoms with E-state index in [4.69, 9.17) is 4.74 Å². The van der Waals surface area contributed by atoms with Crippen molar-refractivity contribution in [1.82, 2.24) is 5.32 Å². The smallest absolute Gasteiger partial charge is 0.0604 e. The van der Waals surface area contributed by atoms with E-state index in [9.17, 15) is 0 Å². The van der Waals surface area contributed by atoms with Crippen LogP contribution in [0, 0.1) is 11.8 Å². The molecule has 0 amide bonds. The van der Waals surface area contributed by atoms with Gasteiger partial charge in [0, 0.05) is 18.7 Å². The Kier molecular flexibility index (Phi) is 4.26. The molecule has 0 aromatic heterocycles. The van der Waals surface area contributed by atoms with E-state index in [1.54, 1.807) is 0 Å². The number of hydrogen-bond acceptors (Lipinski definition) is 2. The third kappa shape index (κ3) is 2.98. The van der Waals surface area contributed by atoms with Crippen molar-refractivity contribution in [3.63, 3.8) is 0 Å². The predicted molar refractivity (Wildman–Crippen MR) is 67.5 cm³/mol. The number of rotatable bonds is 4. The monoisotopic (exact) mass is 225 g/mol. The summed E-state index contributed by atoms with van der Waals surface area (Å²) in [4.78, 5) is 0. The summed E-state index contributed by atoms with van der Waals surface area (Å²) in [6.07, 6.45) is 7.19. The van der Waals surface area contributed by atoms with Crippen molar-refractivity contribution in [2.75, 3.05) is 6.61 Å². The highest BCUT2D eigenvalue weighted by Crippen LogP contribution is 2.31. The Labute approximate surface area is 100 Å². The summed E-state index contributed by atoms with van der Waals surface area (Å²) in [7, 11) is 0. The topological polar surface area (TPSA) is 21.3 Å². The van der Waals surface area contributed by atoms with Crippen LogP contribution in [0.2, 0.25) is 0 Å². The van der Waals surface area contributed by atoms with Gasteiger partial charge in [0.1, 0.15) is 0 Å². The third-order valence-corrected chi connectivity index (χ3v) is 4.40. The van der Waals surface area contributed by atoms with E-state index in [0.29, 0.717) is 6.10 Å². The average molecular weight is 225 g/mol. The molecule has 0 heterocycles. The Hall–Kier alpha value is -0.0800. The van der Waals surface area contributed by atoms with E-state index >= 15 is 0 Å². The van der Waals surface area contributed by atoms with E-state index in [0.717, 1.165) is 30.5 Å². The van der Waals surface area contributed by atoms with Gasteiger partial charge in [-0.05, 0) is 44.4 Å². The third-order valence-electron chi connectivity index (χ3n) is 4.40. The zero-order valence-electron chi connectivity index (χ0n) is 11.0. The number of hydrogen-bond donors (Lipinski definition) is 1. The van der Waals surface area contributed by atoms with Crippen LogP contribution in [0.4, 0.5) is 0 Å². The predicted octanol–water partition coefficient (Wildman–Crippen LogP) is 2.97. The standard InChI is InChI=1S/C14H27NO/c1-4-16-13-8-12(9-13)15-14-7-10(2)5-6-11(14)3/h10-15H,4-9H2,1-3H3. The van der Waals surface area contributed by atoms with Gasteiger partial charge in [0.2, 0.25) is 0 Å².